The van der Waals surface area contributed by atoms with Crippen molar-refractivity contribution >= 4 is 33.2 Å². The standard InChI is InChI=1S/C17H16BrFO2S/c1-3-11-15-13(22-16(11)18)8-12(17(20)21-2)14(15)9-5-4-6-10(19)7-9/h4-7,12,14H,3,8H2,1-2H3/t12-,14-/m1/s1. The van der Waals surface area contributed by atoms with Crippen molar-refractivity contribution in [3.63, 3.8) is 0 Å². The Labute approximate surface area is 141 Å². The quantitative estimate of drug-likeness (QED) is 0.719. The van der Waals surface area contributed by atoms with E-state index in [1.165, 1.54) is 35.2 Å². The van der Waals surface area contributed by atoms with Gasteiger partial charge in [-0.25, -0.2) is 4.39 Å². The average molecular weight is 383 g/mol. The Balaban J connectivity index is 2.16. The van der Waals surface area contributed by atoms with E-state index in [0.717, 1.165) is 15.8 Å². The first-order valence-electron chi connectivity index (χ1n) is 7.20. The van der Waals surface area contributed by atoms with Gasteiger partial charge < -0.3 is 4.74 Å². The van der Waals surface area contributed by atoms with Crippen LogP contribution in [-0.2, 0) is 22.4 Å². The third-order valence-corrected chi connectivity index (χ3v) is 6.28. The highest BCUT2D eigenvalue weighted by atomic mass is 79.9. The third-order valence-electron chi connectivity index (χ3n) is 4.26. The van der Waals surface area contributed by atoms with Crippen LogP contribution in [0.25, 0.3) is 0 Å². The van der Waals surface area contributed by atoms with Crippen molar-refractivity contribution in [2.45, 2.75) is 25.7 Å². The molecule has 116 valence electrons. The number of halogens is 2. The number of methoxy groups -OCH3 is 1. The summed E-state index contributed by atoms with van der Waals surface area (Å²) in [5.41, 5.74) is 3.25. The van der Waals surface area contributed by atoms with E-state index in [-0.39, 0.29) is 23.6 Å². The van der Waals surface area contributed by atoms with Crippen LogP contribution < -0.4 is 0 Å². The lowest BCUT2D eigenvalue weighted by atomic mass is 9.84. The Morgan fingerprint density at radius 2 is 2.27 bits per heavy atom. The first-order valence-corrected chi connectivity index (χ1v) is 8.81. The molecule has 1 aromatic heterocycles. The molecular formula is C17H16BrFO2S. The second-order valence-electron chi connectivity index (χ2n) is 5.41. The van der Waals surface area contributed by atoms with E-state index in [1.54, 1.807) is 17.4 Å². The number of esters is 1. The number of thiophene rings is 1. The van der Waals surface area contributed by atoms with E-state index in [1.807, 2.05) is 6.07 Å². The molecule has 0 amide bonds. The normalized spacial score (nSPS) is 20.0. The van der Waals surface area contributed by atoms with Crippen LogP contribution >= 0.6 is 27.3 Å². The van der Waals surface area contributed by atoms with Crippen molar-refractivity contribution in [3.05, 3.63) is 55.4 Å². The summed E-state index contributed by atoms with van der Waals surface area (Å²) in [7, 11) is 1.41. The predicted molar refractivity (Wildman–Crippen MR) is 88.9 cm³/mol. The first kappa shape index (κ1) is 15.7. The van der Waals surface area contributed by atoms with Gasteiger partial charge in [0.05, 0.1) is 16.8 Å². The van der Waals surface area contributed by atoms with E-state index in [2.05, 4.69) is 22.9 Å². The third kappa shape index (κ3) is 2.50. The minimum absolute atomic E-state index is 0.129. The topological polar surface area (TPSA) is 26.3 Å². The number of ether oxygens (including phenoxy) is 1. The van der Waals surface area contributed by atoms with Gasteiger partial charge in [-0.3, -0.25) is 4.79 Å². The maximum absolute atomic E-state index is 13.7. The summed E-state index contributed by atoms with van der Waals surface area (Å²) in [5.74, 6) is -0.903. The highest BCUT2D eigenvalue weighted by Crippen LogP contribution is 2.50. The molecule has 1 aliphatic carbocycles. The molecule has 22 heavy (non-hydrogen) atoms. The van der Waals surface area contributed by atoms with Gasteiger partial charge in [0.25, 0.3) is 0 Å². The second kappa shape index (κ2) is 6.13. The lowest BCUT2D eigenvalue weighted by molar-refractivity contribution is -0.145. The van der Waals surface area contributed by atoms with Gasteiger partial charge in [-0.2, -0.15) is 0 Å². The molecular weight excluding hydrogens is 367 g/mol. The van der Waals surface area contributed by atoms with E-state index in [0.29, 0.717) is 6.42 Å². The van der Waals surface area contributed by atoms with Crippen LogP contribution in [-0.4, -0.2) is 13.1 Å². The molecule has 0 fully saturated rings. The number of rotatable bonds is 3. The summed E-state index contributed by atoms with van der Waals surface area (Å²) < 4.78 is 19.8. The SMILES string of the molecule is CCc1c(Br)sc2c1[C@H](c1cccc(F)c1)[C@H](C(=O)OC)C2. The molecule has 0 bridgehead atoms. The molecule has 1 aromatic carbocycles. The minimum Gasteiger partial charge on any atom is -0.469 e. The largest absolute Gasteiger partial charge is 0.469 e. The number of hydrogen-bond acceptors (Lipinski definition) is 3. The van der Waals surface area contributed by atoms with E-state index < -0.39 is 0 Å². The fourth-order valence-electron chi connectivity index (χ4n) is 3.33. The molecule has 5 heteroatoms. The number of carbonyl (C=O) groups excluding carboxylic acids is 1. The summed E-state index contributed by atoms with van der Waals surface area (Å²) in [6.45, 7) is 2.10. The maximum Gasteiger partial charge on any atom is 0.309 e. The molecule has 0 aliphatic heterocycles. The van der Waals surface area contributed by atoms with Crippen LogP contribution in [0.3, 0.4) is 0 Å². The Kier molecular flexibility index (Phi) is 4.37. The zero-order chi connectivity index (χ0) is 15.9. The van der Waals surface area contributed by atoms with Gasteiger partial charge >= 0.3 is 5.97 Å². The highest BCUT2D eigenvalue weighted by molar-refractivity contribution is 9.11. The number of benzene rings is 1. The lowest BCUT2D eigenvalue weighted by Crippen LogP contribution is -2.22. The zero-order valence-corrected chi connectivity index (χ0v) is 14.8. The molecule has 2 atom stereocenters. The van der Waals surface area contributed by atoms with Gasteiger partial charge in [0.15, 0.2) is 0 Å². The van der Waals surface area contributed by atoms with Crippen molar-refractivity contribution in [3.8, 4) is 0 Å². The Morgan fingerprint density at radius 1 is 1.50 bits per heavy atom. The molecule has 0 spiro atoms. The van der Waals surface area contributed by atoms with Crippen molar-refractivity contribution < 1.29 is 13.9 Å². The number of fused-ring (bicyclic) bond motifs is 1. The van der Waals surface area contributed by atoms with Crippen LogP contribution in [0.15, 0.2) is 28.1 Å². The van der Waals surface area contributed by atoms with Crippen LogP contribution in [0, 0.1) is 11.7 Å². The van der Waals surface area contributed by atoms with Crippen LogP contribution in [0.1, 0.15) is 34.4 Å². The summed E-state index contributed by atoms with van der Waals surface area (Å²) >= 11 is 5.30. The summed E-state index contributed by atoms with van der Waals surface area (Å²) in [5, 5.41) is 0. The van der Waals surface area contributed by atoms with E-state index in [9.17, 15) is 9.18 Å². The molecule has 1 aliphatic rings. The van der Waals surface area contributed by atoms with Crippen LogP contribution in [0.4, 0.5) is 4.39 Å². The van der Waals surface area contributed by atoms with Crippen molar-refractivity contribution in [2.24, 2.45) is 5.92 Å². The van der Waals surface area contributed by atoms with Gasteiger partial charge in [0.1, 0.15) is 5.82 Å². The zero-order valence-electron chi connectivity index (χ0n) is 12.4. The Bertz CT molecular complexity index is 725. The van der Waals surface area contributed by atoms with Gasteiger partial charge in [-0.15, -0.1) is 11.3 Å². The molecule has 2 aromatic rings. The first-order chi connectivity index (χ1) is 10.6. The van der Waals surface area contributed by atoms with Crippen LogP contribution in [0.5, 0.6) is 0 Å². The van der Waals surface area contributed by atoms with E-state index in [4.69, 9.17) is 4.74 Å². The molecule has 1 heterocycles. The maximum atomic E-state index is 13.7. The molecule has 0 N–H and O–H groups in total. The average Bonchev–Trinajstić information content (AvgIpc) is 3.00. The minimum atomic E-state index is -0.276. The fourth-order valence-corrected chi connectivity index (χ4v) is 5.63. The van der Waals surface area contributed by atoms with Gasteiger partial charge in [0, 0.05) is 10.8 Å². The molecule has 0 saturated heterocycles. The molecule has 0 radical (unpaired) electrons. The lowest BCUT2D eigenvalue weighted by Gasteiger charge is -2.20. The van der Waals surface area contributed by atoms with Crippen molar-refractivity contribution in [2.75, 3.05) is 7.11 Å². The van der Waals surface area contributed by atoms with Crippen molar-refractivity contribution in [1.29, 1.82) is 0 Å². The predicted octanol–water partition coefficient (Wildman–Crippen LogP) is 4.69. The Hall–Kier alpha value is -1.20. The van der Waals surface area contributed by atoms with Gasteiger partial charge in [-0.1, -0.05) is 19.1 Å². The molecule has 3 rings (SSSR count). The highest BCUT2D eigenvalue weighted by Gasteiger charge is 2.42. The smallest absolute Gasteiger partial charge is 0.309 e. The number of carbonyl (C=O) groups is 1. The monoisotopic (exact) mass is 382 g/mol. The van der Waals surface area contributed by atoms with Crippen LogP contribution in [0.2, 0.25) is 0 Å². The van der Waals surface area contributed by atoms with Gasteiger partial charge in [-0.05, 0) is 57.6 Å². The van der Waals surface area contributed by atoms with E-state index >= 15 is 0 Å². The fraction of sp³-hybridized carbons (Fsp3) is 0.353. The Morgan fingerprint density at radius 3 is 2.91 bits per heavy atom. The van der Waals surface area contributed by atoms with Gasteiger partial charge in [0.2, 0.25) is 0 Å². The van der Waals surface area contributed by atoms with Crippen molar-refractivity contribution in [1.82, 2.24) is 0 Å². The summed E-state index contributed by atoms with van der Waals surface area (Å²) in [6.07, 6.45) is 1.54. The molecule has 0 saturated carbocycles. The second-order valence-corrected chi connectivity index (χ2v) is 7.83. The summed E-state index contributed by atoms with van der Waals surface area (Å²) in [6, 6.07) is 6.55. The summed E-state index contributed by atoms with van der Waals surface area (Å²) in [4.78, 5) is 13.4. The number of hydrogen-bond donors (Lipinski definition) is 0. The molecule has 2 nitrogen and oxygen atoms in total. The molecule has 0 unspecified atom stereocenters.